The zero-order valence-electron chi connectivity index (χ0n) is 12.1. The fraction of sp³-hybridized carbons (Fsp3) is 0.533. The van der Waals surface area contributed by atoms with E-state index in [-0.39, 0.29) is 25.1 Å². The maximum Gasteiger partial charge on any atom is 0.416 e. The quantitative estimate of drug-likeness (QED) is 0.922. The molecule has 2 atom stereocenters. The summed E-state index contributed by atoms with van der Waals surface area (Å²) in [4.78, 5) is 13.5. The second kappa shape index (κ2) is 6.66. The SMILES string of the molecule is CCO[C@H]1CN(C(=O)Cc2ccccc2C(F)(F)F)C[C@@H]1O. The smallest absolute Gasteiger partial charge is 0.388 e. The van der Waals surface area contributed by atoms with Crippen LogP contribution in [0.4, 0.5) is 13.2 Å². The standard InChI is InChI=1S/C15H18F3NO3/c1-2-22-13-9-19(8-12(13)20)14(21)7-10-5-3-4-6-11(10)15(16,17)18/h3-6,12-13,20H,2,7-9H2,1H3/t12-,13-/m0/s1. The van der Waals surface area contributed by atoms with Crippen LogP contribution in [0.2, 0.25) is 0 Å². The second-order valence-corrected chi connectivity index (χ2v) is 5.19. The number of hydrogen-bond donors (Lipinski definition) is 1. The maximum atomic E-state index is 12.9. The number of carbonyl (C=O) groups excluding carboxylic acids is 1. The Kier molecular flexibility index (Phi) is 5.08. The molecule has 122 valence electrons. The summed E-state index contributed by atoms with van der Waals surface area (Å²) in [5, 5.41) is 9.79. The van der Waals surface area contributed by atoms with Crippen molar-refractivity contribution in [3.05, 3.63) is 35.4 Å². The monoisotopic (exact) mass is 317 g/mol. The van der Waals surface area contributed by atoms with Crippen LogP contribution < -0.4 is 0 Å². The first-order chi connectivity index (χ1) is 10.3. The Morgan fingerprint density at radius 3 is 2.68 bits per heavy atom. The number of hydrogen-bond acceptors (Lipinski definition) is 3. The van der Waals surface area contributed by atoms with Crippen molar-refractivity contribution in [1.29, 1.82) is 0 Å². The van der Waals surface area contributed by atoms with Crippen molar-refractivity contribution in [2.45, 2.75) is 31.7 Å². The predicted molar refractivity (Wildman–Crippen MR) is 73.1 cm³/mol. The summed E-state index contributed by atoms with van der Waals surface area (Å²) in [7, 11) is 0. The number of amides is 1. The highest BCUT2D eigenvalue weighted by molar-refractivity contribution is 5.79. The highest BCUT2D eigenvalue weighted by atomic mass is 19.4. The van der Waals surface area contributed by atoms with Crippen molar-refractivity contribution in [3.63, 3.8) is 0 Å². The maximum absolute atomic E-state index is 12.9. The van der Waals surface area contributed by atoms with E-state index in [1.807, 2.05) is 0 Å². The van der Waals surface area contributed by atoms with E-state index in [1.165, 1.54) is 23.1 Å². The summed E-state index contributed by atoms with van der Waals surface area (Å²) >= 11 is 0. The van der Waals surface area contributed by atoms with Crippen LogP contribution in [0, 0.1) is 0 Å². The molecule has 0 bridgehead atoms. The van der Waals surface area contributed by atoms with Crippen LogP contribution in [0.3, 0.4) is 0 Å². The van der Waals surface area contributed by atoms with Crippen molar-refractivity contribution in [2.24, 2.45) is 0 Å². The minimum Gasteiger partial charge on any atom is -0.388 e. The number of halogens is 3. The van der Waals surface area contributed by atoms with Crippen LogP contribution >= 0.6 is 0 Å². The van der Waals surface area contributed by atoms with Gasteiger partial charge in [-0.2, -0.15) is 13.2 Å². The minimum atomic E-state index is -4.49. The molecule has 1 aliphatic rings. The second-order valence-electron chi connectivity index (χ2n) is 5.19. The van der Waals surface area contributed by atoms with E-state index < -0.39 is 29.9 Å². The van der Waals surface area contributed by atoms with Gasteiger partial charge in [-0.25, -0.2) is 0 Å². The molecule has 1 N–H and O–H groups in total. The molecule has 1 saturated heterocycles. The molecular weight excluding hydrogens is 299 g/mol. The van der Waals surface area contributed by atoms with Crippen molar-refractivity contribution >= 4 is 5.91 Å². The molecule has 4 nitrogen and oxygen atoms in total. The molecule has 0 aromatic heterocycles. The third-order valence-electron chi connectivity index (χ3n) is 3.63. The van der Waals surface area contributed by atoms with E-state index in [1.54, 1.807) is 6.92 Å². The number of likely N-dealkylation sites (tertiary alicyclic amines) is 1. The Labute approximate surface area is 126 Å². The summed E-state index contributed by atoms with van der Waals surface area (Å²) < 4.78 is 44.0. The van der Waals surface area contributed by atoms with Crippen LogP contribution in [-0.4, -0.2) is 47.8 Å². The first kappa shape index (κ1) is 16.8. The summed E-state index contributed by atoms with van der Waals surface area (Å²) in [5.41, 5.74) is -0.862. The summed E-state index contributed by atoms with van der Waals surface area (Å²) in [6, 6.07) is 5.03. The van der Waals surface area contributed by atoms with E-state index in [2.05, 4.69) is 0 Å². The summed E-state index contributed by atoms with van der Waals surface area (Å²) in [6.45, 7) is 2.46. The normalized spacial score (nSPS) is 22.1. The Balaban J connectivity index is 2.08. The lowest BCUT2D eigenvalue weighted by Crippen LogP contribution is -2.32. The molecule has 1 amide bonds. The molecule has 0 radical (unpaired) electrons. The Morgan fingerprint density at radius 1 is 1.36 bits per heavy atom. The number of ether oxygens (including phenoxy) is 1. The molecule has 22 heavy (non-hydrogen) atoms. The number of aliphatic hydroxyl groups excluding tert-OH is 1. The molecule has 7 heteroatoms. The molecule has 1 aromatic carbocycles. The number of benzene rings is 1. The van der Waals surface area contributed by atoms with Gasteiger partial charge in [-0.05, 0) is 18.6 Å². The molecule has 1 fully saturated rings. The molecule has 2 rings (SSSR count). The third-order valence-corrected chi connectivity index (χ3v) is 3.63. The largest absolute Gasteiger partial charge is 0.416 e. The number of rotatable bonds is 4. The minimum absolute atomic E-state index is 0.0608. The Morgan fingerprint density at radius 2 is 2.05 bits per heavy atom. The fourth-order valence-electron chi connectivity index (χ4n) is 2.56. The molecule has 1 heterocycles. The average Bonchev–Trinajstić information content (AvgIpc) is 2.80. The number of β-amino-alcohol motifs (C(OH)–C–C–N with tert-alkyl or cyclic N) is 1. The van der Waals surface area contributed by atoms with Gasteiger partial charge in [0.1, 0.15) is 6.10 Å². The predicted octanol–water partition coefficient (Wildman–Crippen LogP) is 1.86. The van der Waals surface area contributed by atoms with Crippen molar-refractivity contribution in [1.82, 2.24) is 4.90 Å². The van der Waals surface area contributed by atoms with Gasteiger partial charge >= 0.3 is 6.18 Å². The van der Waals surface area contributed by atoms with E-state index in [9.17, 15) is 23.1 Å². The lowest BCUT2D eigenvalue weighted by atomic mass is 10.0. The van der Waals surface area contributed by atoms with Crippen molar-refractivity contribution < 1.29 is 27.8 Å². The van der Waals surface area contributed by atoms with Gasteiger partial charge in [0.2, 0.25) is 5.91 Å². The van der Waals surface area contributed by atoms with Crippen LogP contribution in [0.5, 0.6) is 0 Å². The molecule has 0 saturated carbocycles. The van der Waals surface area contributed by atoms with Crippen molar-refractivity contribution in [2.75, 3.05) is 19.7 Å². The van der Waals surface area contributed by atoms with E-state index >= 15 is 0 Å². The van der Waals surface area contributed by atoms with Crippen LogP contribution in [0.15, 0.2) is 24.3 Å². The number of nitrogens with zero attached hydrogens (tertiary/aromatic N) is 1. The van der Waals surface area contributed by atoms with Gasteiger partial charge in [0.15, 0.2) is 0 Å². The first-order valence-electron chi connectivity index (χ1n) is 7.05. The van der Waals surface area contributed by atoms with Crippen molar-refractivity contribution in [3.8, 4) is 0 Å². The van der Waals surface area contributed by atoms with Gasteiger partial charge in [-0.15, -0.1) is 0 Å². The highest BCUT2D eigenvalue weighted by Crippen LogP contribution is 2.32. The van der Waals surface area contributed by atoms with Crippen LogP contribution in [0.25, 0.3) is 0 Å². The van der Waals surface area contributed by atoms with E-state index in [0.29, 0.717) is 6.61 Å². The Bertz CT molecular complexity index is 533. The average molecular weight is 317 g/mol. The lowest BCUT2D eigenvalue weighted by Gasteiger charge is -2.18. The van der Waals surface area contributed by atoms with Gasteiger partial charge in [-0.3, -0.25) is 4.79 Å². The van der Waals surface area contributed by atoms with E-state index in [0.717, 1.165) is 6.07 Å². The van der Waals surface area contributed by atoms with Gasteiger partial charge in [0.25, 0.3) is 0 Å². The zero-order chi connectivity index (χ0) is 16.3. The van der Waals surface area contributed by atoms with Crippen LogP contribution in [-0.2, 0) is 22.1 Å². The van der Waals surface area contributed by atoms with Gasteiger partial charge in [0, 0.05) is 19.7 Å². The molecule has 0 unspecified atom stereocenters. The molecule has 0 aliphatic carbocycles. The van der Waals surface area contributed by atoms with Crippen LogP contribution in [0.1, 0.15) is 18.1 Å². The topological polar surface area (TPSA) is 49.8 Å². The van der Waals surface area contributed by atoms with Gasteiger partial charge < -0.3 is 14.7 Å². The zero-order valence-corrected chi connectivity index (χ0v) is 12.1. The molecule has 0 spiro atoms. The fourth-order valence-corrected chi connectivity index (χ4v) is 2.56. The Hall–Kier alpha value is -1.60. The lowest BCUT2D eigenvalue weighted by molar-refractivity contribution is -0.138. The summed E-state index contributed by atoms with van der Waals surface area (Å²) in [5.74, 6) is -0.446. The number of alkyl halides is 3. The third kappa shape index (κ3) is 3.78. The molecule has 1 aromatic rings. The number of aliphatic hydroxyl groups is 1. The molecular formula is C15H18F3NO3. The van der Waals surface area contributed by atoms with Gasteiger partial charge in [-0.1, -0.05) is 18.2 Å². The summed E-state index contributed by atoms with van der Waals surface area (Å²) in [6.07, 6.45) is -6.12. The first-order valence-corrected chi connectivity index (χ1v) is 7.05. The van der Waals surface area contributed by atoms with E-state index in [4.69, 9.17) is 4.74 Å². The van der Waals surface area contributed by atoms with Gasteiger partial charge in [0.05, 0.1) is 18.1 Å². The highest BCUT2D eigenvalue weighted by Gasteiger charge is 2.36. The molecule has 1 aliphatic heterocycles. The number of carbonyl (C=O) groups is 1.